The molecule has 1 unspecified atom stereocenters. The van der Waals surface area contributed by atoms with E-state index in [9.17, 15) is 14.7 Å². The van der Waals surface area contributed by atoms with Gasteiger partial charge in [0.15, 0.2) is 0 Å². The Labute approximate surface area is 117 Å². The van der Waals surface area contributed by atoms with Crippen molar-refractivity contribution in [3.63, 3.8) is 0 Å². The fourth-order valence-corrected chi connectivity index (χ4v) is 2.28. The van der Waals surface area contributed by atoms with Crippen LogP contribution in [0.25, 0.3) is 0 Å². The second kappa shape index (κ2) is 6.38. The molecule has 1 saturated heterocycles. The molecule has 4 N–H and O–H groups in total. The van der Waals surface area contributed by atoms with Crippen LogP contribution in [0, 0.1) is 0 Å². The first-order valence-electron chi connectivity index (χ1n) is 6.66. The Balaban J connectivity index is 1.98. The summed E-state index contributed by atoms with van der Waals surface area (Å²) >= 11 is 0. The first kappa shape index (κ1) is 14.3. The van der Waals surface area contributed by atoms with Gasteiger partial charge >= 0.3 is 6.03 Å². The van der Waals surface area contributed by atoms with Crippen molar-refractivity contribution >= 4 is 11.9 Å². The first-order chi connectivity index (χ1) is 9.56. The normalized spacial score (nSPS) is 18.6. The third-order valence-electron chi connectivity index (χ3n) is 3.35. The third-order valence-corrected chi connectivity index (χ3v) is 3.35. The van der Waals surface area contributed by atoms with Gasteiger partial charge in [0, 0.05) is 25.2 Å². The van der Waals surface area contributed by atoms with E-state index in [0.29, 0.717) is 25.2 Å². The van der Waals surface area contributed by atoms with Crippen LogP contribution in [0.3, 0.4) is 0 Å². The van der Waals surface area contributed by atoms with E-state index >= 15 is 0 Å². The molecule has 2 rings (SSSR count). The molecule has 1 heterocycles. The number of hydrogen-bond acceptors (Lipinski definition) is 3. The van der Waals surface area contributed by atoms with Crippen LogP contribution in [0.1, 0.15) is 28.8 Å². The maximum absolute atomic E-state index is 12.2. The molecule has 0 spiro atoms. The number of nitrogens with one attached hydrogen (secondary N) is 1. The summed E-state index contributed by atoms with van der Waals surface area (Å²) in [5.74, 6) is -0.0711. The van der Waals surface area contributed by atoms with Crippen molar-refractivity contribution in [2.45, 2.75) is 25.5 Å². The second-order valence-electron chi connectivity index (χ2n) is 4.96. The number of urea groups is 1. The minimum Gasteiger partial charge on any atom is -0.391 e. The molecule has 1 aliphatic rings. The highest BCUT2D eigenvalue weighted by Gasteiger charge is 2.22. The summed E-state index contributed by atoms with van der Waals surface area (Å²) in [6.45, 7) is 1.41. The predicted molar refractivity (Wildman–Crippen MR) is 74.0 cm³/mol. The Morgan fingerprint density at radius 2 is 2.05 bits per heavy atom. The van der Waals surface area contributed by atoms with Crippen LogP contribution in [0.15, 0.2) is 24.3 Å². The maximum Gasteiger partial charge on any atom is 0.312 e. The van der Waals surface area contributed by atoms with Crippen LogP contribution in [-0.2, 0) is 6.54 Å². The minimum atomic E-state index is -0.576. The van der Waals surface area contributed by atoms with Crippen molar-refractivity contribution < 1.29 is 14.7 Å². The lowest BCUT2D eigenvalue weighted by atomic mass is 10.1. The molecule has 0 bridgehead atoms. The molecular formula is C14H19N3O3. The average Bonchev–Trinajstić information content (AvgIpc) is 2.45. The number of hydrogen-bond donors (Lipinski definition) is 3. The van der Waals surface area contributed by atoms with E-state index < -0.39 is 12.1 Å². The summed E-state index contributed by atoms with van der Waals surface area (Å²) in [6.07, 6.45) is 1.15. The van der Waals surface area contributed by atoms with Gasteiger partial charge in [0.05, 0.1) is 6.10 Å². The Kier molecular flexibility index (Phi) is 4.57. The van der Waals surface area contributed by atoms with Gasteiger partial charge in [-0.1, -0.05) is 12.1 Å². The highest BCUT2D eigenvalue weighted by Crippen LogP contribution is 2.14. The van der Waals surface area contributed by atoms with Crippen molar-refractivity contribution in [3.05, 3.63) is 35.4 Å². The van der Waals surface area contributed by atoms with Crippen LogP contribution in [0.5, 0.6) is 0 Å². The number of amides is 3. The van der Waals surface area contributed by atoms with E-state index in [-0.39, 0.29) is 5.91 Å². The monoisotopic (exact) mass is 277 g/mol. The molecule has 1 aromatic rings. The van der Waals surface area contributed by atoms with Crippen LogP contribution >= 0.6 is 0 Å². The highest BCUT2D eigenvalue weighted by molar-refractivity contribution is 5.94. The lowest BCUT2D eigenvalue weighted by Crippen LogP contribution is -2.42. The molecule has 0 radical (unpaired) electrons. The zero-order valence-corrected chi connectivity index (χ0v) is 11.2. The molecule has 1 fully saturated rings. The van der Waals surface area contributed by atoms with Crippen molar-refractivity contribution in [2.75, 3.05) is 13.1 Å². The Bertz CT molecular complexity index is 487. The zero-order valence-electron chi connectivity index (χ0n) is 11.2. The number of rotatable bonds is 3. The molecule has 6 heteroatoms. The summed E-state index contributed by atoms with van der Waals surface area (Å²) in [6, 6.07) is 6.43. The minimum absolute atomic E-state index is 0.0711. The fourth-order valence-electron chi connectivity index (χ4n) is 2.28. The molecule has 0 aromatic heterocycles. The molecule has 1 aromatic carbocycles. The summed E-state index contributed by atoms with van der Waals surface area (Å²) in [4.78, 5) is 24.5. The molecule has 20 heavy (non-hydrogen) atoms. The summed E-state index contributed by atoms with van der Waals surface area (Å²) in [5.41, 5.74) is 6.45. The quantitative estimate of drug-likeness (QED) is 0.748. The van der Waals surface area contributed by atoms with Gasteiger partial charge in [-0.2, -0.15) is 0 Å². The lowest BCUT2D eigenvalue weighted by Gasteiger charge is -2.30. The number of primary amides is 1. The predicted octanol–water partition coefficient (Wildman–Crippen LogP) is 0.452. The van der Waals surface area contributed by atoms with Crippen LogP contribution in [0.4, 0.5) is 4.79 Å². The van der Waals surface area contributed by atoms with Crippen LogP contribution in [-0.4, -0.2) is 41.1 Å². The van der Waals surface area contributed by atoms with Crippen molar-refractivity contribution in [3.8, 4) is 0 Å². The van der Waals surface area contributed by atoms with Gasteiger partial charge in [-0.05, 0) is 30.5 Å². The molecule has 6 nitrogen and oxygen atoms in total. The smallest absolute Gasteiger partial charge is 0.312 e. The summed E-state index contributed by atoms with van der Waals surface area (Å²) < 4.78 is 0. The number of piperidine rings is 1. The van der Waals surface area contributed by atoms with Gasteiger partial charge in [0.2, 0.25) is 0 Å². The number of nitrogens with zero attached hydrogens (tertiary/aromatic N) is 1. The lowest BCUT2D eigenvalue weighted by molar-refractivity contribution is 0.0474. The van der Waals surface area contributed by atoms with Crippen molar-refractivity contribution in [1.29, 1.82) is 0 Å². The van der Waals surface area contributed by atoms with E-state index in [1.807, 2.05) is 0 Å². The number of carbonyl (C=O) groups excluding carboxylic acids is 2. The summed E-state index contributed by atoms with van der Waals surface area (Å²) in [7, 11) is 0. The molecular weight excluding hydrogens is 258 g/mol. The van der Waals surface area contributed by atoms with E-state index in [1.54, 1.807) is 29.2 Å². The highest BCUT2D eigenvalue weighted by atomic mass is 16.3. The topological polar surface area (TPSA) is 95.7 Å². The van der Waals surface area contributed by atoms with Crippen LogP contribution in [0.2, 0.25) is 0 Å². The molecule has 1 atom stereocenters. The first-order valence-corrected chi connectivity index (χ1v) is 6.66. The van der Waals surface area contributed by atoms with Gasteiger partial charge in [-0.25, -0.2) is 4.79 Å². The van der Waals surface area contributed by atoms with Crippen molar-refractivity contribution in [2.24, 2.45) is 5.73 Å². The Morgan fingerprint density at radius 1 is 1.35 bits per heavy atom. The van der Waals surface area contributed by atoms with E-state index in [1.165, 1.54) is 0 Å². The molecule has 1 aliphatic heterocycles. The van der Waals surface area contributed by atoms with Gasteiger partial charge in [-0.15, -0.1) is 0 Å². The zero-order chi connectivity index (χ0) is 14.5. The van der Waals surface area contributed by atoms with E-state index in [2.05, 4.69) is 5.32 Å². The standard InChI is InChI=1S/C14H19N3O3/c15-14(20)16-8-10-3-5-11(6-4-10)13(19)17-7-1-2-12(18)9-17/h3-6,12,18H,1-2,7-9H2,(H3,15,16,20). The number of nitrogens with two attached hydrogens (primary N) is 1. The number of β-amino-alcohol motifs (C(OH)–C–C–N with tert-alkyl or cyclic N) is 1. The van der Waals surface area contributed by atoms with Gasteiger partial charge in [0.1, 0.15) is 0 Å². The Morgan fingerprint density at radius 3 is 2.65 bits per heavy atom. The number of aliphatic hydroxyl groups excluding tert-OH is 1. The van der Waals surface area contributed by atoms with Gasteiger partial charge in [0.25, 0.3) is 5.91 Å². The average molecular weight is 277 g/mol. The fraction of sp³-hybridized carbons (Fsp3) is 0.429. The van der Waals surface area contributed by atoms with Crippen molar-refractivity contribution in [1.82, 2.24) is 10.2 Å². The summed E-state index contributed by atoms with van der Waals surface area (Å²) in [5, 5.41) is 12.1. The largest absolute Gasteiger partial charge is 0.391 e. The van der Waals surface area contributed by atoms with E-state index in [4.69, 9.17) is 5.73 Å². The third kappa shape index (κ3) is 3.71. The molecule has 0 aliphatic carbocycles. The van der Waals surface area contributed by atoms with Crippen LogP contribution < -0.4 is 11.1 Å². The molecule has 3 amide bonds. The maximum atomic E-state index is 12.2. The molecule has 0 saturated carbocycles. The number of likely N-dealkylation sites (tertiary alicyclic amines) is 1. The van der Waals surface area contributed by atoms with E-state index in [0.717, 1.165) is 18.4 Å². The van der Waals surface area contributed by atoms with Gasteiger partial charge in [-0.3, -0.25) is 4.79 Å². The number of benzene rings is 1. The molecule has 108 valence electrons. The second-order valence-corrected chi connectivity index (χ2v) is 4.96. The number of carbonyl (C=O) groups is 2. The SMILES string of the molecule is NC(=O)NCc1ccc(C(=O)N2CCCC(O)C2)cc1. The number of aliphatic hydroxyl groups is 1. The van der Waals surface area contributed by atoms with Gasteiger partial charge < -0.3 is 21.1 Å². The Hall–Kier alpha value is -2.08.